The van der Waals surface area contributed by atoms with Gasteiger partial charge in [0.05, 0.1) is 30.2 Å². The predicted octanol–water partition coefficient (Wildman–Crippen LogP) is 5.72. The molecule has 1 atom stereocenters. The van der Waals surface area contributed by atoms with Crippen LogP contribution in [0.5, 0.6) is 5.75 Å². The van der Waals surface area contributed by atoms with Gasteiger partial charge in [-0.1, -0.05) is 48.0 Å². The van der Waals surface area contributed by atoms with Gasteiger partial charge in [-0.15, -0.1) is 0 Å². The molecule has 0 saturated carbocycles. The first-order chi connectivity index (χ1) is 16.0. The standard InChI is InChI=1S/C26H18ClNO5/c1-32-20-12-11-16(27)14-18(20)24(29)22-23(21-10-5-13-33-21)28(26(31)25(22)30)19-9-4-7-15-6-2-3-8-17(15)19/h2-14,23,29H,1H3/b24-22-. The molecule has 1 unspecified atom stereocenters. The number of ether oxygens (including phenoxy) is 1. The van der Waals surface area contributed by atoms with E-state index in [0.717, 1.165) is 10.8 Å². The van der Waals surface area contributed by atoms with E-state index in [2.05, 4.69) is 0 Å². The molecule has 1 amide bonds. The second-order valence-electron chi connectivity index (χ2n) is 7.53. The second-order valence-corrected chi connectivity index (χ2v) is 7.96. The smallest absolute Gasteiger partial charge is 0.300 e. The topological polar surface area (TPSA) is 80.0 Å². The van der Waals surface area contributed by atoms with Gasteiger partial charge >= 0.3 is 0 Å². The lowest BCUT2D eigenvalue weighted by atomic mass is 9.98. The Hall–Kier alpha value is -4.03. The minimum absolute atomic E-state index is 0.108. The first-order valence-corrected chi connectivity index (χ1v) is 10.5. The number of nitrogens with zero attached hydrogens (tertiary/aromatic N) is 1. The number of fused-ring (bicyclic) bond motifs is 1. The molecule has 0 aliphatic carbocycles. The number of halogens is 1. The van der Waals surface area contributed by atoms with Gasteiger partial charge in [0.25, 0.3) is 11.7 Å². The van der Waals surface area contributed by atoms with Crippen LogP contribution in [0.2, 0.25) is 5.02 Å². The van der Waals surface area contributed by atoms with Crippen LogP contribution in [-0.2, 0) is 9.59 Å². The predicted molar refractivity (Wildman–Crippen MR) is 125 cm³/mol. The highest BCUT2D eigenvalue weighted by molar-refractivity contribution is 6.52. The maximum Gasteiger partial charge on any atom is 0.300 e. The number of rotatable bonds is 4. The van der Waals surface area contributed by atoms with Crippen molar-refractivity contribution in [1.82, 2.24) is 0 Å². The fourth-order valence-electron chi connectivity index (χ4n) is 4.23. The highest BCUT2D eigenvalue weighted by Gasteiger charge is 2.49. The Bertz CT molecular complexity index is 1420. The summed E-state index contributed by atoms with van der Waals surface area (Å²) in [6.45, 7) is 0. The summed E-state index contributed by atoms with van der Waals surface area (Å²) in [4.78, 5) is 28.0. The van der Waals surface area contributed by atoms with Gasteiger partial charge in [-0.25, -0.2) is 0 Å². The molecule has 0 bridgehead atoms. The van der Waals surface area contributed by atoms with E-state index in [0.29, 0.717) is 22.2 Å². The van der Waals surface area contributed by atoms with Crippen LogP contribution in [0.4, 0.5) is 5.69 Å². The SMILES string of the molecule is COc1ccc(Cl)cc1/C(O)=C1/C(=O)C(=O)N(c2cccc3ccccc23)C1c1ccco1. The minimum atomic E-state index is -0.977. The van der Waals surface area contributed by atoms with Gasteiger partial charge in [0.15, 0.2) is 0 Å². The molecule has 1 N–H and O–H groups in total. The molecule has 6 nitrogen and oxygen atoms in total. The lowest BCUT2D eigenvalue weighted by Gasteiger charge is -2.25. The van der Waals surface area contributed by atoms with Crippen molar-refractivity contribution >= 4 is 45.5 Å². The fourth-order valence-corrected chi connectivity index (χ4v) is 4.40. The molecule has 164 valence electrons. The third-order valence-corrected chi connectivity index (χ3v) is 5.94. The van der Waals surface area contributed by atoms with Gasteiger partial charge in [-0.05, 0) is 41.8 Å². The highest BCUT2D eigenvalue weighted by atomic mass is 35.5. The summed E-state index contributed by atoms with van der Waals surface area (Å²) in [5, 5.41) is 13.3. The van der Waals surface area contributed by atoms with Gasteiger partial charge in [0.1, 0.15) is 23.3 Å². The van der Waals surface area contributed by atoms with Crippen LogP contribution in [-0.4, -0.2) is 23.9 Å². The fraction of sp³-hybridized carbons (Fsp3) is 0.0769. The Kier molecular flexibility index (Phi) is 5.15. The molecule has 0 radical (unpaired) electrons. The number of carbonyl (C=O) groups is 2. The lowest BCUT2D eigenvalue weighted by molar-refractivity contribution is -0.132. The molecular formula is C26H18ClNO5. The molecule has 1 aliphatic heterocycles. The number of methoxy groups -OCH3 is 1. The Balaban J connectivity index is 1.79. The van der Waals surface area contributed by atoms with Crippen molar-refractivity contribution in [3.8, 4) is 5.75 Å². The number of benzene rings is 3. The zero-order chi connectivity index (χ0) is 23.1. The maximum absolute atomic E-state index is 13.4. The second kappa shape index (κ2) is 8.15. The van der Waals surface area contributed by atoms with Crippen LogP contribution in [0.3, 0.4) is 0 Å². The van der Waals surface area contributed by atoms with Crippen LogP contribution in [0.15, 0.2) is 89.0 Å². The molecule has 1 aromatic heterocycles. The van der Waals surface area contributed by atoms with Crippen molar-refractivity contribution in [1.29, 1.82) is 0 Å². The van der Waals surface area contributed by atoms with Crippen molar-refractivity contribution in [2.24, 2.45) is 0 Å². The van der Waals surface area contributed by atoms with Gasteiger partial charge in [-0.2, -0.15) is 0 Å². The zero-order valence-electron chi connectivity index (χ0n) is 17.5. The third-order valence-electron chi connectivity index (χ3n) is 5.70. The number of aliphatic hydroxyl groups is 1. The van der Waals surface area contributed by atoms with E-state index in [1.165, 1.54) is 24.3 Å². The number of Topliss-reactive ketones (excluding diaryl/α,β-unsaturated/α-hetero) is 1. The van der Waals surface area contributed by atoms with E-state index in [1.807, 2.05) is 36.4 Å². The number of aliphatic hydroxyl groups excluding tert-OH is 1. The highest BCUT2D eigenvalue weighted by Crippen LogP contribution is 2.45. The molecule has 1 aliphatic rings. The van der Waals surface area contributed by atoms with E-state index in [-0.39, 0.29) is 11.1 Å². The molecule has 33 heavy (non-hydrogen) atoms. The minimum Gasteiger partial charge on any atom is -0.507 e. The van der Waals surface area contributed by atoms with E-state index >= 15 is 0 Å². The molecule has 4 aromatic rings. The largest absolute Gasteiger partial charge is 0.507 e. The Morgan fingerprint density at radius 1 is 1.03 bits per heavy atom. The molecule has 5 rings (SSSR count). The molecule has 0 spiro atoms. The lowest BCUT2D eigenvalue weighted by Crippen LogP contribution is -2.29. The number of hydrogen-bond donors (Lipinski definition) is 1. The third kappa shape index (κ3) is 3.36. The van der Waals surface area contributed by atoms with Crippen molar-refractivity contribution in [3.05, 3.63) is 101 Å². The van der Waals surface area contributed by atoms with Gasteiger partial charge in [0.2, 0.25) is 0 Å². The normalized spacial score (nSPS) is 17.6. The first-order valence-electron chi connectivity index (χ1n) is 10.2. The zero-order valence-corrected chi connectivity index (χ0v) is 18.2. The molecule has 1 saturated heterocycles. The van der Waals surface area contributed by atoms with Gasteiger partial charge < -0.3 is 14.3 Å². The summed E-state index contributed by atoms with van der Waals surface area (Å²) in [6.07, 6.45) is 1.46. The Morgan fingerprint density at radius 3 is 2.58 bits per heavy atom. The van der Waals surface area contributed by atoms with E-state index in [9.17, 15) is 14.7 Å². The number of hydrogen-bond acceptors (Lipinski definition) is 5. The number of anilines is 1. The Labute approximate surface area is 194 Å². The van der Waals surface area contributed by atoms with Crippen molar-refractivity contribution in [2.75, 3.05) is 12.0 Å². The summed E-state index contributed by atoms with van der Waals surface area (Å²) in [7, 11) is 1.44. The van der Waals surface area contributed by atoms with E-state index in [1.54, 1.807) is 30.3 Å². The maximum atomic E-state index is 13.4. The summed E-state index contributed by atoms with van der Waals surface area (Å²) in [5.41, 5.74) is 0.634. The van der Waals surface area contributed by atoms with E-state index < -0.39 is 23.5 Å². The van der Waals surface area contributed by atoms with Crippen molar-refractivity contribution < 1.29 is 23.8 Å². The molecule has 1 fully saturated rings. The molecule has 3 aromatic carbocycles. The average molecular weight is 460 g/mol. The molecular weight excluding hydrogens is 442 g/mol. The monoisotopic (exact) mass is 459 g/mol. The van der Waals surface area contributed by atoms with Crippen LogP contribution in [0.1, 0.15) is 17.4 Å². The first kappa shape index (κ1) is 20.8. The van der Waals surface area contributed by atoms with E-state index in [4.69, 9.17) is 20.8 Å². The van der Waals surface area contributed by atoms with Crippen molar-refractivity contribution in [2.45, 2.75) is 6.04 Å². The summed E-state index contributed by atoms with van der Waals surface area (Å²) >= 11 is 6.15. The van der Waals surface area contributed by atoms with Crippen LogP contribution >= 0.6 is 11.6 Å². The Morgan fingerprint density at radius 2 is 1.82 bits per heavy atom. The summed E-state index contributed by atoms with van der Waals surface area (Å²) in [6, 6.07) is 20.1. The number of carbonyl (C=O) groups excluding carboxylic acids is 2. The summed E-state index contributed by atoms with van der Waals surface area (Å²) < 4.78 is 11.0. The summed E-state index contributed by atoms with van der Waals surface area (Å²) in [5.74, 6) is -1.34. The van der Waals surface area contributed by atoms with Crippen LogP contribution in [0, 0.1) is 0 Å². The number of amides is 1. The quantitative estimate of drug-likeness (QED) is 0.240. The number of ketones is 1. The molecule has 2 heterocycles. The van der Waals surface area contributed by atoms with Crippen LogP contribution in [0.25, 0.3) is 16.5 Å². The van der Waals surface area contributed by atoms with Gasteiger partial charge in [0, 0.05) is 10.4 Å². The van der Waals surface area contributed by atoms with Gasteiger partial charge in [-0.3, -0.25) is 14.5 Å². The average Bonchev–Trinajstić information content (AvgIpc) is 3.45. The van der Waals surface area contributed by atoms with Crippen LogP contribution < -0.4 is 9.64 Å². The molecule has 7 heteroatoms. The van der Waals surface area contributed by atoms with Crippen molar-refractivity contribution in [3.63, 3.8) is 0 Å². The number of furan rings is 1.